The first kappa shape index (κ1) is 12.4. The van der Waals surface area contributed by atoms with E-state index in [-0.39, 0.29) is 18.3 Å². The molecule has 1 unspecified atom stereocenters. The Morgan fingerprint density at radius 3 is 2.75 bits per heavy atom. The lowest BCUT2D eigenvalue weighted by Crippen LogP contribution is -2.23. The molecule has 0 saturated carbocycles. The van der Waals surface area contributed by atoms with Crippen LogP contribution in [0.5, 0.6) is 0 Å². The third kappa shape index (κ3) is 3.16. The fourth-order valence-electron chi connectivity index (χ4n) is 1.11. The first-order valence-corrected chi connectivity index (χ1v) is 5.00. The van der Waals surface area contributed by atoms with Crippen molar-refractivity contribution in [1.82, 2.24) is 10.2 Å². The Hall–Kier alpha value is -1.69. The number of hydrogen-bond acceptors (Lipinski definition) is 6. The number of rotatable bonds is 5. The molecule has 0 amide bonds. The average molecular weight is 225 g/mol. The van der Waals surface area contributed by atoms with Gasteiger partial charge in [-0.15, -0.1) is 10.2 Å². The molecule has 0 aliphatic carbocycles. The van der Waals surface area contributed by atoms with Crippen LogP contribution >= 0.6 is 0 Å². The van der Waals surface area contributed by atoms with Gasteiger partial charge in [-0.2, -0.15) is 0 Å². The van der Waals surface area contributed by atoms with Crippen molar-refractivity contribution in [2.45, 2.75) is 19.4 Å². The highest BCUT2D eigenvalue weighted by Crippen LogP contribution is 2.06. The van der Waals surface area contributed by atoms with E-state index < -0.39 is 5.97 Å². The minimum atomic E-state index is -0.520. The van der Waals surface area contributed by atoms with Gasteiger partial charge in [-0.3, -0.25) is 0 Å². The maximum atomic E-state index is 11.1. The summed E-state index contributed by atoms with van der Waals surface area (Å²) in [7, 11) is 1.29. The molecular formula is C10H15N3O3. The Kier molecular flexibility index (Phi) is 4.65. The van der Waals surface area contributed by atoms with Gasteiger partial charge in [-0.25, -0.2) is 4.79 Å². The van der Waals surface area contributed by atoms with Crippen LogP contribution in [0.4, 0.5) is 5.82 Å². The summed E-state index contributed by atoms with van der Waals surface area (Å²) >= 11 is 0. The third-order valence-corrected chi connectivity index (χ3v) is 2.12. The lowest BCUT2D eigenvalue weighted by atomic mass is 10.2. The highest BCUT2D eigenvalue weighted by atomic mass is 16.5. The summed E-state index contributed by atoms with van der Waals surface area (Å²) in [6.45, 7) is 1.97. The second-order valence-electron chi connectivity index (χ2n) is 3.23. The number of methoxy groups -OCH3 is 1. The summed E-state index contributed by atoms with van der Waals surface area (Å²) in [5.41, 5.74) is 0.157. The Morgan fingerprint density at radius 2 is 2.31 bits per heavy atom. The number of nitrogens with one attached hydrogen (secondary N) is 1. The molecule has 0 aliphatic heterocycles. The maximum Gasteiger partial charge on any atom is 0.358 e. The molecule has 1 aromatic rings. The largest absolute Gasteiger partial charge is 0.464 e. The minimum absolute atomic E-state index is 0.0247. The van der Waals surface area contributed by atoms with Gasteiger partial charge in [0.2, 0.25) is 0 Å². The monoisotopic (exact) mass is 225 g/mol. The molecule has 16 heavy (non-hydrogen) atoms. The lowest BCUT2D eigenvalue weighted by molar-refractivity contribution is 0.0592. The molecule has 6 heteroatoms. The summed E-state index contributed by atoms with van der Waals surface area (Å²) in [6.07, 6.45) is 0.775. The third-order valence-electron chi connectivity index (χ3n) is 2.12. The Morgan fingerprint density at radius 1 is 1.56 bits per heavy atom. The number of ether oxygens (including phenoxy) is 1. The zero-order valence-corrected chi connectivity index (χ0v) is 9.30. The van der Waals surface area contributed by atoms with E-state index in [1.807, 2.05) is 6.92 Å². The van der Waals surface area contributed by atoms with E-state index in [1.165, 1.54) is 13.2 Å². The molecule has 2 N–H and O–H groups in total. The van der Waals surface area contributed by atoms with E-state index in [0.29, 0.717) is 5.82 Å². The second-order valence-corrected chi connectivity index (χ2v) is 3.23. The predicted octanol–water partition coefficient (Wildman–Crippen LogP) is 0.446. The van der Waals surface area contributed by atoms with Crippen LogP contribution in [0.3, 0.4) is 0 Å². The SMILES string of the molecule is CCC(CO)Nc1ccc(C(=O)OC)nn1. The fraction of sp³-hybridized carbons (Fsp3) is 0.500. The Balaban J connectivity index is 2.67. The van der Waals surface area contributed by atoms with E-state index >= 15 is 0 Å². The maximum absolute atomic E-state index is 11.1. The predicted molar refractivity (Wildman–Crippen MR) is 58.2 cm³/mol. The van der Waals surface area contributed by atoms with Crippen LogP contribution in [0.25, 0.3) is 0 Å². The van der Waals surface area contributed by atoms with Crippen LogP contribution in [0.1, 0.15) is 23.8 Å². The molecule has 1 atom stereocenters. The number of aliphatic hydroxyl groups excluding tert-OH is 1. The molecule has 0 radical (unpaired) electrons. The number of carbonyl (C=O) groups excluding carboxylic acids is 1. The van der Waals surface area contributed by atoms with Gasteiger partial charge in [-0.05, 0) is 18.6 Å². The summed E-state index contributed by atoms with van der Waals surface area (Å²) in [5, 5.41) is 19.5. The molecule has 0 aromatic carbocycles. The molecule has 1 aromatic heterocycles. The fourth-order valence-corrected chi connectivity index (χ4v) is 1.11. The standard InChI is InChI=1S/C10H15N3O3/c1-3-7(6-14)11-9-5-4-8(12-13-9)10(15)16-2/h4-5,7,14H,3,6H2,1-2H3,(H,11,13). The molecule has 88 valence electrons. The van der Waals surface area contributed by atoms with Gasteiger partial charge >= 0.3 is 5.97 Å². The molecule has 1 rings (SSSR count). The number of hydrogen-bond donors (Lipinski definition) is 2. The normalized spacial score (nSPS) is 11.9. The van der Waals surface area contributed by atoms with Crippen molar-refractivity contribution in [2.75, 3.05) is 19.0 Å². The number of aromatic nitrogens is 2. The topological polar surface area (TPSA) is 84.3 Å². The number of anilines is 1. The number of aliphatic hydroxyl groups is 1. The van der Waals surface area contributed by atoms with Gasteiger partial charge in [0.05, 0.1) is 19.8 Å². The van der Waals surface area contributed by atoms with E-state index in [0.717, 1.165) is 6.42 Å². The molecule has 0 spiro atoms. The van der Waals surface area contributed by atoms with E-state index in [4.69, 9.17) is 5.11 Å². The van der Waals surface area contributed by atoms with Crippen LogP contribution < -0.4 is 5.32 Å². The Bertz CT molecular complexity index is 336. The molecule has 0 bridgehead atoms. The van der Waals surface area contributed by atoms with Crippen molar-refractivity contribution in [3.8, 4) is 0 Å². The van der Waals surface area contributed by atoms with Gasteiger partial charge in [0.1, 0.15) is 5.82 Å². The van der Waals surface area contributed by atoms with Gasteiger partial charge < -0.3 is 15.2 Å². The summed E-state index contributed by atoms with van der Waals surface area (Å²) in [4.78, 5) is 11.1. The Labute approximate surface area is 93.6 Å². The summed E-state index contributed by atoms with van der Waals surface area (Å²) in [6, 6.07) is 3.08. The molecule has 0 fully saturated rings. The molecule has 1 heterocycles. The highest BCUT2D eigenvalue weighted by Gasteiger charge is 2.09. The number of carbonyl (C=O) groups is 1. The zero-order chi connectivity index (χ0) is 12.0. The quantitative estimate of drug-likeness (QED) is 0.708. The number of nitrogens with zero attached hydrogens (tertiary/aromatic N) is 2. The van der Waals surface area contributed by atoms with Crippen LogP contribution in [-0.2, 0) is 4.74 Å². The van der Waals surface area contributed by atoms with E-state index in [1.54, 1.807) is 6.07 Å². The van der Waals surface area contributed by atoms with Crippen LogP contribution in [0.2, 0.25) is 0 Å². The zero-order valence-electron chi connectivity index (χ0n) is 9.30. The minimum Gasteiger partial charge on any atom is -0.464 e. The molecule has 0 aliphatic rings. The summed E-state index contributed by atoms with van der Waals surface area (Å²) in [5.74, 6) is 0.00167. The second kappa shape index (κ2) is 6.02. The van der Waals surface area contributed by atoms with E-state index in [9.17, 15) is 4.79 Å². The summed E-state index contributed by atoms with van der Waals surface area (Å²) < 4.78 is 4.50. The van der Waals surface area contributed by atoms with Crippen molar-refractivity contribution in [3.05, 3.63) is 17.8 Å². The molecular weight excluding hydrogens is 210 g/mol. The van der Waals surface area contributed by atoms with E-state index in [2.05, 4.69) is 20.3 Å². The van der Waals surface area contributed by atoms with Crippen molar-refractivity contribution < 1.29 is 14.6 Å². The highest BCUT2D eigenvalue weighted by molar-refractivity contribution is 5.86. The van der Waals surface area contributed by atoms with Gasteiger partial charge in [0.15, 0.2) is 5.69 Å². The first-order valence-electron chi connectivity index (χ1n) is 5.00. The lowest BCUT2D eigenvalue weighted by Gasteiger charge is -2.13. The smallest absolute Gasteiger partial charge is 0.358 e. The van der Waals surface area contributed by atoms with Gasteiger partial charge in [0.25, 0.3) is 0 Å². The average Bonchev–Trinajstić information content (AvgIpc) is 2.35. The first-order chi connectivity index (χ1) is 7.71. The van der Waals surface area contributed by atoms with Gasteiger partial charge in [-0.1, -0.05) is 6.92 Å². The van der Waals surface area contributed by atoms with Gasteiger partial charge in [0, 0.05) is 0 Å². The molecule has 6 nitrogen and oxygen atoms in total. The van der Waals surface area contributed by atoms with Crippen molar-refractivity contribution in [3.63, 3.8) is 0 Å². The van der Waals surface area contributed by atoms with Crippen molar-refractivity contribution >= 4 is 11.8 Å². The van der Waals surface area contributed by atoms with Crippen LogP contribution in [0, 0.1) is 0 Å². The van der Waals surface area contributed by atoms with Crippen LogP contribution in [0.15, 0.2) is 12.1 Å². The van der Waals surface area contributed by atoms with Crippen molar-refractivity contribution in [1.29, 1.82) is 0 Å². The molecule has 0 saturated heterocycles. The van der Waals surface area contributed by atoms with Crippen molar-refractivity contribution in [2.24, 2.45) is 0 Å². The number of esters is 1. The van der Waals surface area contributed by atoms with Crippen LogP contribution in [-0.4, -0.2) is 41.0 Å².